The largest absolute Gasteiger partial charge is 0.454 e. The summed E-state index contributed by atoms with van der Waals surface area (Å²) < 4.78 is 11.4. The van der Waals surface area contributed by atoms with Crippen molar-refractivity contribution in [2.45, 2.75) is 6.92 Å². The molecule has 188 valence electrons. The van der Waals surface area contributed by atoms with Crippen LogP contribution >= 0.6 is 0 Å². The molecule has 0 saturated carbocycles. The number of hydrogen-bond donors (Lipinski definition) is 0. The summed E-state index contributed by atoms with van der Waals surface area (Å²) in [4.78, 5) is 0. The van der Waals surface area contributed by atoms with E-state index in [9.17, 15) is 0 Å². The second-order valence-corrected chi connectivity index (χ2v) is 10.7. The summed E-state index contributed by atoms with van der Waals surface area (Å²) in [6, 6.07) is 45.7. The third-order valence-electron chi connectivity index (χ3n) is 8.37. The van der Waals surface area contributed by atoms with Gasteiger partial charge in [-0.05, 0) is 61.0 Å². The number of furan rings is 1. The van der Waals surface area contributed by atoms with E-state index in [1.807, 2.05) is 0 Å². The quantitative estimate of drug-likeness (QED) is 0.226. The van der Waals surface area contributed by atoms with Gasteiger partial charge in [-0.15, -0.1) is 0 Å². The molecular formula is C37H24N2O. The van der Waals surface area contributed by atoms with Gasteiger partial charge in [-0.2, -0.15) is 0 Å². The maximum absolute atomic E-state index is 6.64. The maximum Gasteiger partial charge on any atom is 0.159 e. The molecule has 9 rings (SSSR count). The van der Waals surface area contributed by atoms with Crippen LogP contribution in [-0.4, -0.2) is 9.13 Å². The van der Waals surface area contributed by atoms with E-state index in [1.54, 1.807) is 0 Å². The number of aromatic nitrogens is 2. The van der Waals surface area contributed by atoms with E-state index in [1.165, 1.54) is 49.2 Å². The topological polar surface area (TPSA) is 23.0 Å². The lowest BCUT2D eigenvalue weighted by Gasteiger charge is -2.09. The predicted molar refractivity (Wildman–Crippen MR) is 167 cm³/mol. The van der Waals surface area contributed by atoms with Gasteiger partial charge >= 0.3 is 0 Å². The lowest BCUT2D eigenvalue weighted by molar-refractivity contribution is 0.666. The Balaban J connectivity index is 1.34. The Labute approximate surface area is 230 Å². The smallest absolute Gasteiger partial charge is 0.159 e. The summed E-state index contributed by atoms with van der Waals surface area (Å²) in [5, 5.41) is 7.27. The van der Waals surface area contributed by atoms with Crippen LogP contribution in [0, 0.1) is 6.92 Å². The van der Waals surface area contributed by atoms with E-state index < -0.39 is 0 Å². The van der Waals surface area contributed by atoms with Gasteiger partial charge in [0, 0.05) is 38.0 Å². The normalized spacial score (nSPS) is 12.1. The summed E-state index contributed by atoms with van der Waals surface area (Å²) >= 11 is 0. The Morgan fingerprint density at radius 3 is 1.75 bits per heavy atom. The van der Waals surface area contributed by atoms with Crippen LogP contribution in [0.1, 0.15) is 5.56 Å². The van der Waals surface area contributed by atoms with Gasteiger partial charge in [-0.3, -0.25) is 0 Å². The van der Waals surface area contributed by atoms with Gasteiger partial charge in [-0.25, -0.2) is 0 Å². The molecule has 9 aromatic rings. The first-order valence-electron chi connectivity index (χ1n) is 13.7. The molecule has 0 bridgehead atoms. The number of benzene rings is 6. The molecule has 0 spiro atoms. The Bertz CT molecular complexity index is 2400. The molecule has 3 aromatic heterocycles. The Hall–Kier alpha value is -5.28. The molecule has 0 aliphatic heterocycles. The summed E-state index contributed by atoms with van der Waals surface area (Å²) in [6.45, 7) is 2.16. The Morgan fingerprint density at radius 2 is 1.05 bits per heavy atom. The zero-order valence-electron chi connectivity index (χ0n) is 21.9. The van der Waals surface area contributed by atoms with Crippen LogP contribution in [-0.2, 0) is 0 Å². The molecule has 0 aliphatic rings. The van der Waals surface area contributed by atoms with Crippen molar-refractivity contribution in [3.63, 3.8) is 0 Å². The van der Waals surface area contributed by atoms with E-state index in [0.29, 0.717) is 0 Å². The number of aryl methyl sites for hydroxylation is 1. The number of rotatable bonds is 2. The fraction of sp³-hybridized carbons (Fsp3) is 0.0270. The standard InChI is InChI=1S/C37H24N2O/c1-23-17-19-28-27-11-2-5-13-31(27)38(35(28)21-23)24-18-20-36-30(22-24)29-12-8-16-34(37(29)40-36)39-32-14-6-3-9-25(32)26-10-4-7-15-33(26)39/h2-22H,1H3. The molecule has 0 aliphatic carbocycles. The van der Waals surface area contributed by atoms with E-state index in [0.717, 1.165) is 33.3 Å². The number of fused-ring (bicyclic) bond motifs is 9. The summed E-state index contributed by atoms with van der Waals surface area (Å²) in [6.07, 6.45) is 0. The highest BCUT2D eigenvalue weighted by Crippen LogP contribution is 2.39. The monoisotopic (exact) mass is 512 g/mol. The Morgan fingerprint density at radius 1 is 0.450 bits per heavy atom. The van der Waals surface area contributed by atoms with E-state index in [-0.39, 0.29) is 0 Å². The van der Waals surface area contributed by atoms with Crippen molar-refractivity contribution >= 4 is 65.6 Å². The van der Waals surface area contributed by atoms with Crippen LogP contribution in [0.5, 0.6) is 0 Å². The van der Waals surface area contributed by atoms with Crippen LogP contribution in [0.3, 0.4) is 0 Å². The maximum atomic E-state index is 6.64. The minimum absolute atomic E-state index is 0.893. The first kappa shape index (κ1) is 21.6. The first-order valence-corrected chi connectivity index (χ1v) is 13.7. The summed E-state index contributed by atoms with van der Waals surface area (Å²) in [7, 11) is 0. The van der Waals surface area contributed by atoms with Gasteiger partial charge in [0.25, 0.3) is 0 Å². The zero-order chi connectivity index (χ0) is 26.4. The minimum Gasteiger partial charge on any atom is -0.454 e. The van der Waals surface area contributed by atoms with E-state index >= 15 is 0 Å². The molecule has 40 heavy (non-hydrogen) atoms. The second kappa shape index (κ2) is 7.87. The minimum atomic E-state index is 0.893. The second-order valence-electron chi connectivity index (χ2n) is 10.7. The van der Waals surface area contributed by atoms with Crippen molar-refractivity contribution in [1.29, 1.82) is 0 Å². The van der Waals surface area contributed by atoms with Crippen molar-refractivity contribution in [1.82, 2.24) is 9.13 Å². The molecule has 3 heteroatoms. The number of hydrogen-bond acceptors (Lipinski definition) is 1. The molecule has 0 saturated heterocycles. The average molecular weight is 513 g/mol. The molecular weight excluding hydrogens is 488 g/mol. The molecule has 0 unspecified atom stereocenters. The number of para-hydroxylation sites is 4. The van der Waals surface area contributed by atoms with Gasteiger partial charge in [0.05, 0.1) is 27.8 Å². The van der Waals surface area contributed by atoms with Crippen LogP contribution in [0.25, 0.3) is 76.9 Å². The first-order chi connectivity index (χ1) is 19.8. The fourth-order valence-electron chi connectivity index (χ4n) is 6.63. The van der Waals surface area contributed by atoms with E-state index in [2.05, 4.69) is 143 Å². The highest BCUT2D eigenvalue weighted by atomic mass is 16.3. The average Bonchev–Trinajstić information content (AvgIpc) is 3.64. The highest BCUT2D eigenvalue weighted by Gasteiger charge is 2.18. The molecule has 0 atom stereocenters. The number of nitrogens with zero attached hydrogens (tertiary/aromatic N) is 2. The zero-order valence-corrected chi connectivity index (χ0v) is 21.9. The lowest BCUT2D eigenvalue weighted by Crippen LogP contribution is -1.94. The molecule has 0 N–H and O–H groups in total. The van der Waals surface area contributed by atoms with Crippen molar-refractivity contribution in [3.8, 4) is 11.4 Å². The third-order valence-corrected chi connectivity index (χ3v) is 8.37. The van der Waals surface area contributed by atoms with E-state index in [4.69, 9.17) is 4.42 Å². The molecule has 0 fully saturated rings. The van der Waals surface area contributed by atoms with Gasteiger partial charge < -0.3 is 13.6 Å². The van der Waals surface area contributed by atoms with Gasteiger partial charge in [0.15, 0.2) is 5.58 Å². The SMILES string of the molecule is Cc1ccc2c3ccccc3n(-c3ccc4oc5c(-n6c7ccccc7c7ccccc76)cccc5c4c3)c2c1. The van der Waals surface area contributed by atoms with Crippen LogP contribution in [0.15, 0.2) is 132 Å². The van der Waals surface area contributed by atoms with Gasteiger partial charge in [-0.1, -0.05) is 78.9 Å². The van der Waals surface area contributed by atoms with Gasteiger partial charge in [0.1, 0.15) is 5.58 Å². The molecule has 6 aromatic carbocycles. The van der Waals surface area contributed by atoms with Crippen molar-refractivity contribution < 1.29 is 4.42 Å². The van der Waals surface area contributed by atoms with Crippen LogP contribution < -0.4 is 0 Å². The molecule has 0 radical (unpaired) electrons. The fourth-order valence-corrected chi connectivity index (χ4v) is 6.63. The third kappa shape index (κ3) is 2.84. The molecule has 0 amide bonds. The summed E-state index contributed by atoms with van der Waals surface area (Å²) in [5.74, 6) is 0. The molecule has 3 nitrogen and oxygen atoms in total. The van der Waals surface area contributed by atoms with Crippen molar-refractivity contribution in [2.75, 3.05) is 0 Å². The summed E-state index contributed by atoms with van der Waals surface area (Å²) in [5.41, 5.74) is 10.0. The van der Waals surface area contributed by atoms with Gasteiger partial charge in [0.2, 0.25) is 0 Å². The predicted octanol–water partition coefficient (Wildman–Crippen LogP) is 10.1. The lowest BCUT2D eigenvalue weighted by atomic mass is 10.1. The van der Waals surface area contributed by atoms with Crippen molar-refractivity contribution in [3.05, 3.63) is 133 Å². The molecule has 3 heterocycles. The van der Waals surface area contributed by atoms with Crippen molar-refractivity contribution in [2.24, 2.45) is 0 Å². The van der Waals surface area contributed by atoms with Crippen LogP contribution in [0.2, 0.25) is 0 Å². The Kier molecular flexibility index (Phi) is 4.26. The highest BCUT2D eigenvalue weighted by molar-refractivity contribution is 6.14. The van der Waals surface area contributed by atoms with Crippen LogP contribution in [0.4, 0.5) is 0 Å².